The molecule has 162 valence electrons. The Morgan fingerprint density at radius 1 is 1.00 bits per heavy atom. The van der Waals surface area contributed by atoms with Gasteiger partial charge in [-0.05, 0) is 35.8 Å². The van der Waals surface area contributed by atoms with E-state index in [-0.39, 0.29) is 18.1 Å². The predicted octanol–water partition coefficient (Wildman–Crippen LogP) is 3.53. The number of hydrogen-bond donors (Lipinski definition) is 2. The Bertz CT molecular complexity index is 587. The number of aliphatic hydroxyl groups excluding tert-OH is 2. The van der Waals surface area contributed by atoms with Crippen LogP contribution in [0.2, 0.25) is 18.1 Å². The maximum Gasteiger partial charge on any atom is 0.192 e. The van der Waals surface area contributed by atoms with Crippen LogP contribution in [-0.4, -0.2) is 64.8 Å². The lowest BCUT2D eigenvalue weighted by Gasteiger charge is -2.37. The highest BCUT2D eigenvalue weighted by molar-refractivity contribution is 6.74. The molecule has 0 fully saturated rings. The van der Waals surface area contributed by atoms with Crippen molar-refractivity contribution in [2.24, 2.45) is 0 Å². The van der Waals surface area contributed by atoms with Gasteiger partial charge < -0.3 is 28.8 Å². The molecule has 0 unspecified atom stereocenters. The van der Waals surface area contributed by atoms with Gasteiger partial charge in [0.2, 0.25) is 0 Å². The lowest BCUT2D eigenvalue weighted by molar-refractivity contribution is -0.0842. The van der Waals surface area contributed by atoms with Gasteiger partial charge in [0.15, 0.2) is 8.32 Å². The molecule has 0 amide bonds. The van der Waals surface area contributed by atoms with Crippen molar-refractivity contribution in [3.63, 3.8) is 0 Å². The Labute approximate surface area is 170 Å². The van der Waals surface area contributed by atoms with Gasteiger partial charge in [-0.25, -0.2) is 0 Å². The SMILES string of the molecule is COc1cccc([C@@H](OC)[C@@H](C[C@@H](O)[C@H](O)CO[Si](C)(C)C(C)(C)C)OC)c1. The standard InChI is InChI=1S/C21H38O6Si/c1-21(2,3)28(7,8)27-14-18(23)17(22)13-19(25-5)20(26-6)15-10-9-11-16(12-15)24-4/h9-12,17-20,22-23H,13-14H2,1-8H3/t17-,18-,19-,20-/m1/s1. The Kier molecular flexibility index (Phi) is 9.59. The van der Waals surface area contributed by atoms with Gasteiger partial charge in [-0.1, -0.05) is 32.9 Å². The number of hydrogen-bond acceptors (Lipinski definition) is 6. The van der Waals surface area contributed by atoms with E-state index in [4.69, 9.17) is 18.6 Å². The molecule has 0 spiro atoms. The lowest BCUT2D eigenvalue weighted by Crippen LogP contribution is -2.45. The molecule has 0 bridgehead atoms. The topological polar surface area (TPSA) is 77.4 Å². The first kappa shape index (κ1) is 25.1. The van der Waals surface area contributed by atoms with Crippen LogP contribution >= 0.6 is 0 Å². The fourth-order valence-corrected chi connectivity index (χ4v) is 3.70. The van der Waals surface area contributed by atoms with E-state index < -0.39 is 32.7 Å². The van der Waals surface area contributed by atoms with Crippen LogP contribution in [0.1, 0.15) is 38.9 Å². The average molecular weight is 415 g/mol. The van der Waals surface area contributed by atoms with Crippen molar-refractivity contribution in [1.82, 2.24) is 0 Å². The molecule has 0 saturated heterocycles. The molecular formula is C21H38O6Si. The second-order valence-corrected chi connectivity index (χ2v) is 13.5. The number of benzene rings is 1. The number of ether oxygens (including phenoxy) is 3. The molecule has 28 heavy (non-hydrogen) atoms. The van der Waals surface area contributed by atoms with E-state index in [1.165, 1.54) is 0 Å². The van der Waals surface area contributed by atoms with Crippen LogP contribution in [0.4, 0.5) is 0 Å². The monoisotopic (exact) mass is 414 g/mol. The highest BCUT2D eigenvalue weighted by Crippen LogP contribution is 2.36. The molecule has 7 heteroatoms. The smallest absolute Gasteiger partial charge is 0.192 e. The molecule has 0 aliphatic heterocycles. The summed E-state index contributed by atoms with van der Waals surface area (Å²) in [5, 5.41) is 21.0. The molecule has 0 aromatic heterocycles. The van der Waals surface area contributed by atoms with E-state index in [1.54, 1.807) is 21.3 Å². The van der Waals surface area contributed by atoms with Gasteiger partial charge in [-0.15, -0.1) is 0 Å². The Morgan fingerprint density at radius 3 is 2.14 bits per heavy atom. The molecule has 0 radical (unpaired) electrons. The van der Waals surface area contributed by atoms with Crippen molar-refractivity contribution < 1.29 is 28.8 Å². The van der Waals surface area contributed by atoms with Crippen LogP contribution in [0.15, 0.2) is 24.3 Å². The zero-order valence-corrected chi connectivity index (χ0v) is 19.6. The maximum absolute atomic E-state index is 10.5. The fourth-order valence-electron chi connectivity index (χ4n) is 2.68. The van der Waals surface area contributed by atoms with Gasteiger partial charge in [0, 0.05) is 20.6 Å². The summed E-state index contributed by atoms with van der Waals surface area (Å²) in [5.41, 5.74) is 0.882. The zero-order valence-electron chi connectivity index (χ0n) is 18.6. The molecule has 0 aliphatic carbocycles. The summed E-state index contributed by atoms with van der Waals surface area (Å²) < 4.78 is 22.5. The number of methoxy groups -OCH3 is 3. The molecule has 6 nitrogen and oxygen atoms in total. The summed E-state index contributed by atoms with van der Waals surface area (Å²) in [6, 6.07) is 7.54. The molecule has 1 aromatic carbocycles. The van der Waals surface area contributed by atoms with Crippen molar-refractivity contribution in [3.05, 3.63) is 29.8 Å². The number of aliphatic hydroxyl groups is 2. The maximum atomic E-state index is 10.5. The molecule has 4 atom stereocenters. The first-order valence-corrected chi connectivity index (χ1v) is 12.6. The summed E-state index contributed by atoms with van der Waals surface area (Å²) >= 11 is 0. The summed E-state index contributed by atoms with van der Waals surface area (Å²) in [6.45, 7) is 10.8. The predicted molar refractivity (Wildman–Crippen MR) is 113 cm³/mol. The normalized spacial score (nSPS) is 17.1. The molecule has 1 aromatic rings. The van der Waals surface area contributed by atoms with Gasteiger partial charge in [0.1, 0.15) is 18.0 Å². The summed E-state index contributed by atoms with van der Waals surface area (Å²) in [6.07, 6.45) is -2.60. The average Bonchev–Trinajstić information content (AvgIpc) is 2.64. The van der Waals surface area contributed by atoms with Crippen LogP contribution in [0, 0.1) is 0 Å². The van der Waals surface area contributed by atoms with E-state index >= 15 is 0 Å². The van der Waals surface area contributed by atoms with Gasteiger partial charge in [0.05, 0.1) is 25.9 Å². The third kappa shape index (κ3) is 6.83. The largest absolute Gasteiger partial charge is 0.497 e. The lowest BCUT2D eigenvalue weighted by atomic mass is 9.97. The van der Waals surface area contributed by atoms with Crippen molar-refractivity contribution in [1.29, 1.82) is 0 Å². The molecular weight excluding hydrogens is 376 g/mol. The first-order valence-electron chi connectivity index (χ1n) is 9.66. The van der Waals surface area contributed by atoms with E-state index in [1.807, 2.05) is 24.3 Å². The van der Waals surface area contributed by atoms with Crippen LogP contribution in [-0.2, 0) is 13.9 Å². The van der Waals surface area contributed by atoms with E-state index in [0.29, 0.717) is 0 Å². The van der Waals surface area contributed by atoms with Gasteiger partial charge in [-0.2, -0.15) is 0 Å². The van der Waals surface area contributed by atoms with Crippen LogP contribution < -0.4 is 4.74 Å². The van der Waals surface area contributed by atoms with Gasteiger partial charge in [0.25, 0.3) is 0 Å². The minimum Gasteiger partial charge on any atom is -0.497 e. The second-order valence-electron chi connectivity index (χ2n) is 8.65. The van der Waals surface area contributed by atoms with E-state index in [9.17, 15) is 10.2 Å². The van der Waals surface area contributed by atoms with Crippen LogP contribution in [0.5, 0.6) is 5.75 Å². The van der Waals surface area contributed by atoms with Crippen molar-refractivity contribution in [2.45, 2.75) is 69.7 Å². The minimum atomic E-state index is -1.99. The van der Waals surface area contributed by atoms with Crippen LogP contribution in [0.3, 0.4) is 0 Å². The molecule has 1 rings (SSSR count). The van der Waals surface area contributed by atoms with Crippen LogP contribution in [0.25, 0.3) is 0 Å². The zero-order chi connectivity index (χ0) is 21.5. The first-order chi connectivity index (χ1) is 13.0. The molecule has 0 saturated carbocycles. The van der Waals surface area contributed by atoms with Crippen molar-refractivity contribution in [2.75, 3.05) is 27.9 Å². The van der Waals surface area contributed by atoms with Crippen molar-refractivity contribution in [3.8, 4) is 5.75 Å². The third-order valence-electron chi connectivity index (χ3n) is 5.66. The second kappa shape index (κ2) is 10.7. The highest BCUT2D eigenvalue weighted by atomic mass is 28.4. The Morgan fingerprint density at radius 2 is 1.64 bits per heavy atom. The summed E-state index contributed by atoms with van der Waals surface area (Å²) in [4.78, 5) is 0. The van der Waals surface area contributed by atoms with E-state index in [0.717, 1.165) is 11.3 Å². The highest BCUT2D eigenvalue weighted by Gasteiger charge is 2.38. The van der Waals surface area contributed by atoms with Gasteiger partial charge in [-0.3, -0.25) is 0 Å². The summed E-state index contributed by atoms with van der Waals surface area (Å²) in [7, 11) is 2.78. The minimum absolute atomic E-state index is 0.0419. The van der Waals surface area contributed by atoms with Crippen molar-refractivity contribution >= 4 is 8.32 Å². The quantitative estimate of drug-likeness (QED) is 0.540. The molecule has 0 heterocycles. The molecule has 0 aliphatic rings. The Hall–Kier alpha value is -0.963. The fraction of sp³-hybridized carbons (Fsp3) is 0.714. The third-order valence-corrected chi connectivity index (χ3v) is 10.2. The Balaban J connectivity index is 2.78. The van der Waals surface area contributed by atoms with E-state index in [2.05, 4.69) is 33.9 Å². The summed E-state index contributed by atoms with van der Waals surface area (Å²) in [5.74, 6) is 0.720. The van der Waals surface area contributed by atoms with Gasteiger partial charge >= 0.3 is 0 Å². The number of rotatable bonds is 11. The molecule has 2 N–H and O–H groups in total.